The van der Waals surface area contributed by atoms with Crippen LogP contribution in [0.3, 0.4) is 0 Å². The molecular formula is C16H16F2N2O3S. The SMILES string of the molecule is Cc1cccc(CNC(=O)Nc2cccc(S(=O)(=O)C(F)F)c2)c1. The minimum Gasteiger partial charge on any atom is -0.334 e. The highest BCUT2D eigenvalue weighted by Gasteiger charge is 2.26. The first-order chi connectivity index (χ1) is 11.3. The number of benzene rings is 2. The molecule has 0 fully saturated rings. The fourth-order valence-corrected chi connectivity index (χ4v) is 2.80. The Morgan fingerprint density at radius 2 is 1.83 bits per heavy atom. The van der Waals surface area contributed by atoms with E-state index in [0.717, 1.165) is 23.3 Å². The predicted octanol–water partition coefficient (Wildman–Crippen LogP) is 3.31. The molecule has 0 aliphatic heterocycles. The summed E-state index contributed by atoms with van der Waals surface area (Å²) < 4.78 is 48.0. The first-order valence-electron chi connectivity index (χ1n) is 7.01. The van der Waals surface area contributed by atoms with E-state index in [4.69, 9.17) is 0 Å². The van der Waals surface area contributed by atoms with Crippen LogP contribution in [-0.2, 0) is 16.4 Å². The Balaban J connectivity index is 2.02. The van der Waals surface area contributed by atoms with Crippen LogP contribution in [0.4, 0.5) is 19.3 Å². The van der Waals surface area contributed by atoms with Gasteiger partial charge in [-0.05, 0) is 30.7 Å². The number of alkyl halides is 2. The molecule has 0 radical (unpaired) electrons. The second kappa shape index (κ2) is 7.39. The Morgan fingerprint density at radius 3 is 2.50 bits per heavy atom. The fourth-order valence-electron chi connectivity index (χ4n) is 2.03. The highest BCUT2D eigenvalue weighted by atomic mass is 32.2. The standard InChI is InChI=1S/C16H16F2N2O3S/c1-11-4-2-5-12(8-11)10-19-16(21)20-13-6-3-7-14(9-13)24(22,23)15(17)18/h2-9,15H,10H2,1H3,(H2,19,20,21). The molecule has 2 rings (SSSR count). The number of anilines is 1. The van der Waals surface area contributed by atoms with Gasteiger partial charge in [-0.25, -0.2) is 13.2 Å². The van der Waals surface area contributed by atoms with Crippen LogP contribution in [-0.4, -0.2) is 20.2 Å². The largest absolute Gasteiger partial charge is 0.341 e. The number of sulfone groups is 1. The molecule has 0 heterocycles. The van der Waals surface area contributed by atoms with Crippen LogP contribution < -0.4 is 10.6 Å². The first kappa shape index (κ1) is 17.9. The number of hydrogen-bond donors (Lipinski definition) is 2. The summed E-state index contributed by atoms with van der Waals surface area (Å²) in [7, 11) is -4.70. The molecule has 0 saturated heterocycles. The molecule has 8 heteroatoms. The molecule has 24 heavy (non-hydrogen) atoms. The van der Waals surface area contributed by atoms with Gasteiger partial charge in [-0.15, -0.1) is 0 Å². The average Bonchev–Trinajstić information content (AvgIpc) is 2.53. The van der Waals surface area contributed by atoms with Gasteiger partial charge in [0, 0.05) is 12.2 Å². The summed E-state index contributed by atoms with van der Waals surface area (Å²) in [6.07, 6.45) is 0. The fraction of sp³-hybridized carbons (Fsp3) is 0.188. The van der Waals surface area contributed by atoms with Crippen LogP contribution >= 0.6 is 0 Å². The van der Waals surface area contributed by atoms with E-state index in [-0.39, 0.29) is 12.2 Å². The van der Waals surface area contributed by atoms with Crippen molar-refractivity contribution in [2.45, 2.75) is 24.1 Å². The van der Waals surface area contributed by atoms with Crippen molar-refractivity contribution in [1.82, 2.24) is 5.32 Å². The van der Waals surface area contributed by atoms with Crippen LogP contribution in [0.1, 0.15) is 11.1 Å². The summed E-state index contributed by atoms with van der Waals surface area (Å²) in [4.78, 5) is 11.3. The van der Waals surface area contributed by atoms with Gasteiger partial charge >= 0.3 is 11.8 Å². The third-order valence-electron chi connectivity index (χ3n) is 3.19. The van der Waals surface area contributed by atoms with E-state index < -0.39 is 26.5 Å². The lowest BCUT2D eigenvalue weighted by atomic mass is 10.1. The van der Waals surface area contributed by atoms with E-state index in [1.807, 2.05) is 31.2 Å². The van der Waals surface area contributed by atoms with Crippen molar-refractivity contribution >= 4 is 21.6 Å². The average molecular weight is 354 g/mol. The van der Waals surface area contributed by atoms with E-state index in [0.29, 0.717) is 0 Å². The molecule has 0 saturated carbocycles. The van der Waals surface area contributed by atoms with Crippen LogP contribution in [0, 0.1) is 6.92 Å². The van der Waals surface area contributed by atoms with E-state index in [2.05, 4.69) is 10.6 Å². The normalized spacial score (nSPS) is 11.3. The van der Waals surface area contributed by atoms with Gasteiger partial charge in [-0.2, -0.15) is 8.78 Å². The zero-order valence-corrected chi connectivity index (χ0v) is 13.6. The third-order valence-corrected chi connectivity index (χ3v) is 4.57. The molecule has 0 aliphatic carbocycles. The number of hydrogen-bond acceptors (Lipinski definition) is 3. The Bertz CT molecular complexity index is 839. The number of carbonyl (C=O) groups excluding carboxylic acids is 1. The van der Waals surface area contributed by atoms with E-state index in [1.54, 1.807) is 0 Å². The van der Waals surface area contributed by atoms with Gasteiger partial charge in [0.15, 0.2) is 0 Å². The molecule has 128 valence electrons. The predicted molar refractivity (Wildman–Crippen MR) is 86.7 cm³/mol. The number of rotatable bonds is 5. The molecule has 2 aromatic carbocycles. The van der Waals surface area contributed by atoms with Gasteiger partial charge in [0.1, 0.15) is 0 Å². The van der Waals surface area contributed by atoms with Gasteiger partial charge in [-0.3, -0.25) is 0 Å². The Kier molecular flexibility index (Phi) is 5.50. The van der Waals surface area contributed by atoms with Crippen molar-refractivity contribution in [2.75, 3.05) is 5.32 Å². The molecule has 2 aromatic rings. The van der Waals surface area contributed by atoms with Crippen molar-refractivity contribution in [3.63, 3.8) is 0 Å². The highest BCUT2D eigenvalue weighted by Crippen LogP contribution is 2.21. The number of urea groups is 1. The number of amides is 2. The first-order valence-corrected chi connectivity index (χ1v) is 8.56. The lowest BCUT2D eigenvalue weighted by Gasteiger charge is -2.10. The summed E-state index contributed by atoms with van der Waals surface area (Å²) in [5.41, 5.74) is 2.07. The molecule has 0 spiro atoms. The maximum atomic E-state index is 12.5. The maximum Gasteiger partial charge on any atom is 0.341 e. The van der Waals surface area contributed by atoms with Gasteiger partial charge < -0.3 is 10.6 Å². The zero-order chi connectivity index (χ0) is 17.7. The second-order valence-electron chi connectivity index (χ2n) is 5.13. The Morgan fingerprint density at radius 1 is 1.12 bits per heavy atom. The van der Waals surface area contributed by atoms with Crippen molar-refractivity contribution in [3.05, 3.63) is 59.7 Å². The molecule has 0 aliphatic rings. The van der Waals surface area contributed by atoms with Crippen molar-refractivity contribution in [2.24, 2.45) is 0 Å². The summed E-state index contributed by atoms with van der Waals surface area (Å²) in [6, 6.07) is 11.7. The van der Waals surface area contributed by atoms with E-state index >= 15 is 0 Å². The number of nitrogens with one attached hydrogen (secondary N) is 2. The number of halogens is 2. The van der Waals surface area contributed by atoms with E-state index in [1.165, 1.54) is 12.1 Å². The van der Waals surface area contributed by atoms with Gasteiger partial charge in [0.05, 0.1) is 4.90 Å². The molecule has 0 bridgehead atoms. The van der Waals surface area contributed by atoms with Gasteiger partial charge in [-0.1, -0.05) is 35.9 Å². The second-order valence-corrected chi connectivity index (χ2v) is 7.05. The van der Waals surface area contributed by atoms with Crippen LogP contribution in [0.2, 0.25) is 0 Å². The molecule has 2 N–H and O–H groups in total. The molecule has 0 aromatic heterocycles. The smallest absolute Gasteiger partial charge is 0.334 e. The van der Waals surface area contributed by atoms with Crippen LogP contribution in [0.25, 0.3) is 0 Å². The summed E-state index contributed by atoms with van der Waals surface area (Å²) >= 11 is 0. The topological polar surface area (TPSA) is 75.3 Å². The summed E-state index contributed by atoms with van der Waals surface area (Å²) in [6.45, 7) is 2.21. The maximum absolute atomic E-state index is 12.5. The third kappa shape index (κ3) is 4.51. The lowest BCUT2D eigenvalue weighted by Crippen LogP contribution is -2.28. The summed E-state index contributed by atoms with van der Waals surface area (Å²) in [5, 5.41) is 5.03. The molecule has 0 atom stereocenters. The minimum absolute atomic E-state index is 0.110. The van der Waals surface area contributed by atoms with Crippen molar-refractivity contribution in [3.8, 4) is 0 Å². The van der Waals surface area contributed by atoms with E-state index in [9.17, 15) is 22.0 Å². The van der Waals surface area contributed by atoms with Crippen molar-refractivity contribution in [1.29, 1.82) is 0 Å². The summed E-state index contributed by atoms with van der Waals surface area (Å²) in [5.74, 6) is -3.51. The Hall–Kier alpha value is -2.48. The molecular weight excluding hydrogens is 338 g/mol. The van der Waals surface area contributed by atoms with Gasteiger partial charge in [0.2, 0.25) is 9.84 Å². The number of aryl methyl sites for hydroxylation is 1. The van der Waals surface area contributed by atoms with Crippen molar-refractivity contribution < 1.29 is 22.0 Å². The molecule has 0 unspecified atom stereocenters. The molecule has 2 amide bonds. The zero-order valence-electron chi connectivity index (χ0n) is 12.8. The Labute approximate surface area is 138 Å². The monoisotopic (exact) mass is 354 g/mol. The van der Waals surface area contributed by atoms with Crippen LogP contribution in [0.5, 0.6) is 0 Å². The van der Waals surface area contributed by atoms with Gasteiger partial charge in [0.25, 0.3) is 0 Å². The van der Waals surface area contributed by atoms with Crippen LogP contribution in [0.15, 0.2) is 53.4 Å². The highest BCUT2D eigenvalue weighted by molar-refractivity contribution is 7.91. The molecule has 5 nitrogen and oxygen atoms in total. The lowest BCUT2D eigenvalue weighted by molar-refractivity contribution is 0.235. The quantitative estimate of drug-likeness (QED) is 0.865. The minimum atomic E-state index is -4.70. The number of carbonyl (C=O) groups is 1.